The molecule has 0 radical (unpaired) electrons. The zero-order chi connectivity index (χ0) is 19.4. The first kappa shape index (κ1) is 18.8. The molecule has 0 aliphatic carbocycles. The molecule has 0 aliphatic heterocycles. The minimum absolute atomic E-state index is 0.273. The van der Waals surface area contributed by atoms with E-state index in [2.05, 4.69) is 26.6 Å². The van der Waals surface area contributed by atoms with Crippen molar-refractivity contribution in [1.82, 2.24) is 4.57 Å². The summed E-state index contributed by atoms with van der Waals surface area (Å²) >= 11 is 3.36. The van der Waals surface area contributed by atoms with Gasteiger partial charge in [-0.3, -0.25) is 9.59 Å². The van der Waals surface area contributed by atoms with Crippen LogP contribution in [0, 0.1) is 5.82 Å². The van der Waals surface area contributed by atoms with E-state index in [1.165, 1.54) is 18.2 Å². The Morgan fingerprint density at radius 2 is 1.67 bits per heavy atom. The minimum atomic E-state index is -0.432. The van der Waals surface area contributed by atoms with Crippen LogP contribution >= 0.6 is 15.9 Å². The SMILES string of the molecule is CCn1cc(Br)cc1C(=O)Nc1cccc(C(=O)Nc2cccc(F)c2)c1. The molecule has 0 unspecified atom stereocenters. The number of hydrogen-bond donors (Lipinski definition) is 2. The standard InChI is InChI=1S/C20H17BrFN3O2/c1-2-25-12-14(21)10-18(25)20(27)24-16-7-3-5-13(9-16)19(26)23-17-8-4-6-15(22)11-17/h3-12H,2H2,1H3,(H,23,26)(H,24,27). The van der Waals surface area contributed by atoms with Gasteiger partial charge in [-0.25, -0.2) is 4.39 Å². The molecule has 3 aromatic rings. The average Bonchev–Trinajstić information content (AvgIpc) is 3.03. The second-order valence-corrected chi connectivity index (χ2v) is 6.74. The third-order valence-corrected chi connectivity index (χ3v) is 4.34. The number of carbonyl (C=O) groups excluding carboxylic acids is 2. The maximum Gasteiger partial charge on any atom is 0.272 e. The Labute approximate surface area is 164 Å². The first-order valence-corrected chi connectivity index (χ1v) is 9.09. The predicted octanol–water partition coefficient (Wildman–Crippen LogP) is 4.91. The van der Waals surface area contributed by atoms with Crippen LogP contribution in [0.15, 0.2) is 65.3 Å². The largest absolute Gasteiger partial charge is 0.343 e. The van der Waals surface area contributed by atoms with Crippen molar-refractivity contribution in [3.05, 3.63) is 82.3 Å². The second kappa shape index (κ2) is 8.18. The monoisotopic (exact) mass is 429 g/mol. The molecule has 0 atom stereocenters. The van der Waals surface area contributed by atoms with E-state index in [-0.39, 0.29) is 5.91 Å². The summed E-state index contributed by atoms with van der Waals surface area (Å²) in [5.41, 5.74) is 1.72. The van der Waals surface area contributed by atoms with E-state index in [1.54, 1.807) is 36.4 Å². The summed E-state index contributed by atoms with van der Waals surface area (Å²) in [6.07, 6.45) is 1.83. The summed E-state index contributed by atoms with van der Waals surface area (Å²) in [6.45, 7) is 2.60. The summed E-state index contributed by atoms with van der Waals surface area (Å²) in [4.78, 5) is 24.9. The molecule has 2 aromatic carbocycles. The number of hydrogen-bond acceptors (Lipinski definition) is 2. The Bertz CT molecular complexity index is 1000. The summed E-state index contributed by atoms with van der Waals surface area (Å²) in [5.74, 6) is -1.10. The highest BCUT2D eigenvalue weighted by Crippen LogP contribution is 2.18. The van der Waals surface area contributed by atoms with Gasteiger partial charge in [0.2, 0.25) is 0 Å². The quantitative estimate of drug-likeness (QED) is 0.604. The van der Waals surface area contributed by atoms with Gasteiger partial charge >= 0.3 is 0 Å². The van der Waals surface area contributed by atoms with E-state index in [4.69, 9.17) is 0 Å². The Kier molecular flexibility index (Phi) is 5.71. The maximum absolute atomic E-state index is 13.2. The zero-order valence-electron chi connectivity index (χ0n) is 14.5. The number of aryl methyl sites for hydroxylation is 1. The van der Waals surface area contributed by atoms with Crippen molar-refractivity contribution in [2.75, 3.05) is 10.6 Å². The number of nitrogens with zero attached hydrogens (tertiary/aromatic N) is 1. The van der Waals surface area contributed by atoms with Gasteiger partial charge in [0, 0.05) is 34.2 Å². The molecule has 2 N–H and O–H groups in total. The van der Waals surface area contributed by atoms with Crippen molar-refractivity contribution in [3.8, 4) is 0 Å². The highest BCUT2D eigenvalue weighted by molar-refractivity contribution is 9.10. The van der Waals surface area contributed by atoms with Gasteiger partial charge in [-0.05, 0) is 65.3 Å². The molecule has 0 bridgehead atoms. The molecule has 0 saturated carbocycles. The molecule has 1 aromatic heterocycles. The maximum atomic E-state index is 13.2. The van der Waals surface area contributed by atoms with Gasteiger partial charge in [0.1, 0.15) is 11.5 Å². The molecule has 0 aliphatic rings. The molecule has 138 valence electrons. The fraction of sp³-hybridized carbons (Fsp3) is 0.100. The van der Waals surface area contributed by atoms with Crippen molar-refractivity contribution in [1.29, 1.82) is 0 Å². The van der Waals surface area contributed by atoms with E-state index < -0.39 is 11.7 Å². The average molecular weight is 430 g/mol. The third kappa shape index (κ3) is 4.62. The number of anilines is 2. The third-order valence-electron chi connectivity index (χ3n) is 3.90. The first-order valence-electron chi connectivity index (χ1n) is 8.30. The lowest BCUT2D eigenvalue weighted by Crippen LogP contribution is -2.17. The molecular formula is C20H17BrFN3O2. The molecule has 0 fully saturated rings. The summed E-state index contributed by atoms with van der Waals surface area (Å²) in [6, 6.07) is 14.0. The Balaban J connectivity index is 1.75. The van der Waals surface area contributed by atoms with E-state index in [9.17, 15) is 14.0 Å². The van der Waals surface area contributed by atoms with Crippen LogP contribution < -0.4 is 10.6 Å². The number of aromatic nitrogens is 1. The molecule has 27 heavy (non-hydrogen) atoms. The smallest absolute Gasteiger partial charge is 0.272 e. The van der Waals surface area contributed by atoms with Crippen LogP contribution in [0.5, 0.6) is 0 Å². The number of nitrogens with one attached hydrogen (secondary N) is 2. The van der Waals surface area contributed by atoms with Crippen LogP contribution in [0.2, 0.25) is 0 Å². The summed E-state index contributed by atoms with van der Waals surface area (Å²) < 4.78 is 15.9. The highest BCUT2D eigenvalue weighted by Gasteiger charge is 2.14. The van der Waals surface area contributed by atoms with Gasteiger partial charge in [0.15, 0.2) is 0 Å². The molecule has 0 spiro atoms. The van der Waals surface area contributed by atoms with Crippen molar-refractivity contribution in [3.63, 3.8) is 0 Å². The van der Waals surface area contributed by atoms with Crippen LogP contribution in [0.3, 0.4) is 0 Å². The van der Waals surface area contributed by atoms with Crippen LogP contribution in [-0.4, -0.2) is 16.4 Å². The van der Waals surface area contributed by atoms with Gasteiger partial charge in [0.25, 0.3) is 11.8 Å². The molecule has 7 heteroatoms. The van der Waals surface area contributed by atoms with E-state index >= 15 is 0 Å². The Morgan fingerprint density at radius 1 is 1.00 bits per heavy atom. The molecule has 2 amide bonds. The van der Waals surface area contributed by atoms with Crippen LogP contribution in [0.1, 0.15) is 27.8 Å². The summed E-state index contributed by atoms with van der Waals surface area (Å²) in [7, 11) is 0. The van der Waals surface area contributed by atoms with Crippen LogP contribution in [0.25, 0.3) is 0 Å². The van der Waals surface area contributed by atoms with E-state index in [0.29, 0.717) is 29.2 Å². The number of amides is 2. The summed E-state index contributed by atoms with van der Waals surface area (Å²) in [5, 5.41) is 5.42. The normalized spacial score (nSPS) is 10.5. The van der Waals surface area contributed by atoms with Crippen molar-refractivity contribution < 1.29 is 14.0 Å². The van der Waals surface area contributed by atoms with Gasteiger partial charge in [-0.2, -0.15) is 0 Å². The number of halogens is 2. The van der Waals surface area contributed by atoms with Gasteiger partial charge in [-0.1, -0.05) is 12.1 Å². The van der Waals surface area contributed by atoms with Crippen LogP contribution in [0.4, 0.5) is 15.8 Å². The molecular weight excluding hydrogens is 413 g/mol. The Morgan fingerprint density at radius 3 is 2.37 bits per heavy atom. The molecule has 3 rings (SSSR count). The lowest BCUT2D eigenvalue weighted by atomic mass is 10.1. The van der Waals surface area contributed by atoms with E-state index in [1.807, 2.05) is 17.7 Å². The number of carbonyl (C=O) groups is 2. The lowest BCUT2D eigenvalue weighted by molar-refractivity contribution is 0.101. The molecule has 1 heterocycles. The van der Waals surface area contributed by atoms with Gasteiger partial charge < -0.3 is 15.2 Å². The predicted molar refractivity (Wildman–Crippen MR) is 107 cm³/mol. The topological polar surface area (TPSA) is 63.1 Å². The first-order chi connectivity index (χ1) is 13.0. The van der Waals surface area contributed by atoms with Crippen LogP contribution in [-0.2, 0) is 6.54 Å². The zero-order valence-corrected chi connectivity index (χ0v) is 16.1. The number of benzene rings is 2. The highest BCUT2D eigenvalue weighted by atomic mass is 79.9. The van der Waals surface area contributed by atoms with Gasteiger partial charge in [0.05, 0.1) is 0 Å². The Hall–Kier alpha value is -2.93. The second-order valence-electron chi connectivity index (χ2n) is 5.83. The fourth-order valence-corrected chi connectivity index (χ4v) is 3.09. The van der Waals surface area contributed by atoms with Crippen molar-refractivity contribution >= 4 is 39.1 Å². The fourth-order valence-electron chi connectivity index (χ4n) is 2.63. The molecule has 5 nitrogen and oxygen atoms in total. The molecule has 0 saturated heterocycles. The van der Waals surface area contributed by atoms with Crippen molar-refractivity contribution in [2.24, 2.45) is 0 Å². The van der Waals surface area contributed by atoms with Crippen molar-refractivity contribution in [2.45, 2.75) is 13.5 Å². The van der Waals surface area contributed by atoms with E-state index in [0.717, 1.165) is 4.47 Å². The van der Waals surface area contributed by atoms with Gasteiger partial charge in [-0.15, -0.1) is 0 Å². The lowest BCUT2D eigenvalue weighted by Gasteiger charge is -2.10. The minimum Gasteiger partial charge on any atom is -0.343 e. The number of rotatable bonds is 5.